The van der Waals surface area contributed by atoms with E-state index in [9.17, 15) is 0 Å². The van der Waals surface area contributed by atoms with Crippen molar-refractivity contribution >= 4 is 23.2 Å². The predicted octanol–water partition coefficient (Wildman–Crippen LogP) is 3.55. The van der Waals surface area contributed by atoms with Crippen LogP contribution in [0.2, 0.25) is 10.0 Å². The third-order valence-corrected chi connectivity index (χ3v) is 5.36. The van der Waals surface area contributed by atoms with Crippen LogP contribution in [0.25, 0.3) is 0 Å². The van der Waals surface area contributed by atoms with Crippen LogP contribution < -0.4 is 5.73 Å². The Morgan fingerprint density at radius 1 is 1.16 bits per heavy atom. The zero-order valence-corrected chi connectivity index (χ0v) is 12.5. The normalized spacial score (nSPS) is 31.4. The molecule has 0 radical (unpaired) electrons. The van der Waals surface area contributed by atoms with E-state index in [1.165, 1.54) is 31.4 Å². The van der Waals surface area contributed by atoms with Crippen molar-refractivity contribution in [2.24, 2.45) is 17.6 Å². The number of halogens is 2. The van der Waals surface area contributed by atoms with Crippen LogP contribution in [-0.4, -0.2) is 24.0 Å². The third kappa shape index (κ3) is 2.92. The molecule has 3 rings (SSSR count). The molecule has 0 amide bonds. The Morgan fingerprint density at radius 2 is 2.00 bits per heavy atom. The lowest BCUT2D eigenvalue weighted by atomic mass is 9.78. The highest BCUT2D eigenvalue weighted by Crippen LogP contribution is 2.36. The van der Waals surface area contributed by atoms with Crippen molar-refractivity contribution < 1.29 is 0 Å². The van der Waals surface area contributed by atoms with Crippen LogP contribution >= 0.6 is 23.2 Å². The summed E-state index contributed by atoms with van der Waals surface area (Å²) in [5.41, 5.74) is 7.49. The van der Waals surface area contributed by atoms with Gasteiger partial charge in [0.15, 0.2) is 0 Å². The van der Waals surface area contributed by atoms with Gasteiger partial charge in [-0.25, -0.2) is 0 Å². The molecule has 3 unspecified atom stereocenters. The van der Waals surface area contributed by atoms with Crippen LogP contribution in [-0.2, 0) is 6.54 Å². The van der Waals surface area contributed by atoms with Crippen molar-refractivity contribution in [1.29, 1.82) is 0 Å². The molecular formula is C15H20Cl2N2. The summed E-state index contributed by atoms with van der Waals surface area (Å²) in [5, 5.41) is 1.27. The monoisotopic (exact) mass is 298 g/mol. The molecule has 4 heteroatoms. The number of nitrogens with two attached hydrogens (primary N) is 1. The lowest BCUT2D eigenvalue weighted by molar-refractivity contribution is 0.259. The minimum absolute atomic E-state index is 0.401. The van der Waals surface area contributed by atoms with Crippen LogP contribution in [0.1, 0.15) is 24.8 Å². The topological polar surface area (TPSA) is 29.3 Å². The molecule has 1 aromatic carbocycles. The first kappa shape index (κ1) is 13.7. The second-order valence-electron chi connectivity index (χ2n) is 5.96. The molecule has 2 nitrogen and oxygen atoms in total. The summed E-state index contributed by atoms with van der Waals surface area (Å²) >= 11 is 12.0. The lowest BCUT2D eigenvalue weighted by Crippen LogP contribution is -2.38. The first-order valence-corrected chi connectivity index (χ1v) is 7.81. The van der Waals surface area contributed by atoms with Gasteiger partial charge in [-0.1, -0.05) is 35.7 Å². The molecule has 0 aromatic heterocycles. The van der Waals surface area contributed by atoms with Crippen molar-refractivity contribution in [1.82, 2.24) is 4.90 Å². The zero-order valence-electron chi connectivity index (χ0n) is 11.0. The molecule has 19 heavy (non-hydrogen) atoms. The van der Waals surface area contributed by atoms with Gasteiger partial charge in [0.2, 0.25) is 0 Å². The van der Waals surface area contributed by atoms with Gasteiger partial charge < -0.3 is 5.73 Å². The lowest BCUT2D eigenvalue weighted by Gasteiger charge is -2.29. The molecule has 2 fully saturated rings. The summed E-state index contributed by atoms with van der Waals surface area (Å²) in [6.45, 7) is 3.27. The highest BCUT2D eigenvalue weighted by molar-refractivity contribution is 6.42. The van der Waals surface area contributed by atoms with E-state index >= 15 is 0 Å². The number of hydrogen-bond donors (Lipinski definition) is 1. The van der Waals surface area contributed by atoms with Crippen molar-refractivity contribution in [3.05, 3.63) is 33.8 Å². The molecule has 104 valence electrons. The summed E-state index contributed by atoms with van der Waals surface area (Å²) in [7, 11) is 0. The van der Waals surface area contributed by atoms with Crippen LogP contribution in [0.5, 0.6) is 0 Å². The van der Waals surface area contributed by atoms with E-state index in [1.54, 1.807) is 0 Å². The van der Waals surface area contributed by atoms with Gasteiger partial charge in [-0.05, 0) is 42.4 Å². The van der Waals surface area contributed by atoms with Gasteiger partial charge in [0.25, 0.3) is 0 Å². The Morgan fingerprint density at radius 3 is 2.74 bits per heavy atom. The average Bonchev–Trinajstić information content (AvgIpc) is 2.78. The first-order valence-electron chi connectivity index (χ1n) is 7.05. The van der Waals surface area contributed by atoms with Gasteiger partial charge in [0.1, 0.15) is 0 Å². The number of fused-ring (bicyclic) bond motifs is 1. The van der Waals surface area contributed by atoms with E-state index in [0.29, 0.717) is 22.0 Å². The average molecular weight is 299 g/mol. The summed E-state index contributed by atoms with van der Waals surface area (Å²) in [5.74, 6) is 1.49. The molecule has 1 saturated carbocycles. The minimum Gasteiger partial charge on any atom is -0.327 e. The van der Waals surface area contributed by atoms with E-state index in [-0.39, 0.29) is 0 Å². The van der Waals surface area contributed by atoms with E-state index in [1.807, 2.05) is 12.1 Å². The van der Waals surface area contributed by atoms with Gasteiger partial charge in [-0.15, -0.1) is 0 Å². The second kappa shape index (κ2) is 5.61. The molecule has 3 atom stereocenters. The number of benzene rings is 1. The fourth-order valence-electron chi connectivity index (χ4n) is 3.63. The molecule has 1 heterocycles. The standard InChI is InChI=1S/C15H20Cl2N2/c16-13-5-4-10(6-14(13)17)7-19-8-11-2-1-3-15(18)12(11)9-19/h4-6,11-12,15H,1-3,7-9,18H2. The molecule has 1 aromatic rings. The van der Waals surface area contributed by atoms with E-state index < -0.39 is 0 Å². The highest BCUT2D eigenvalue weighted by atomic mass is 35.5. The molecular weight excluding hydrogens is 279 g/mol. The molecule has 1 saturated heterocycles. The van der Waals surface area contributed by atoms with Crippen molar-refractivity contribution in [3.8, 4) is 0 Å². The van der Waals surface area contributed by atoms with Crippen LogP contribution in [0, 0.1) is 11.8 Å². The van der Waals surface area contributed by atoms with Gasteiger partial charge in [-0.2, -0.15) is 0 Å². The summed E-state index contributed by atoms with van der Waals surface area (Å²) in [6, 6.07) is 6.33. The van der Waals surface area contributed by atoms with E-state index in [4.69, 9.17) is 28.9 Å². The maximum absolute atomic E-state index is 6.25. The predicted molar refractivity (Wildman–Crippen MR) is 80.5 cm³/mol. The van der Waals surface area contributed by atoms with E-state index in [2.05, 4.69) is 11.0 Å². The van der Waals surface area contributed by atoms with Gasteiger partial charge in [-0.3, -0.25) is 4.90 Å². The smallest absolute Gasteiger partial charge is 0.0595 e. The quantitative estimate of drug-likeness (QED) is 0.905. The minimum atomic E-state index is 0.401. The number of hydrogen-bond acceptors (Lipinski definition) is 2. The number of nitrogens with zero attached hydrogens (tertiary/aromatic N) is 1. The molecule has 0 spiro atoms. The summed E-state index contributed by atoms with van der Waals surface area (Å²) in [6.07, 6.45) is 3.83. The number of rotatable bonds is 2. The molecule has 1 aliphatic heterocycles. The summed E-state index contributed by atoms with van der Waals surface area (Å²) in [4.78, 5) is 2.51. The Bertz CT molecular complexity index is 463. The van der Waals surface area contributed by atoms with Crippen molar-refractivity contribution in [2.75, 3.05) is 13.1 Å². The first-order chi connectivity index (χ1) is 9.13. The fraction of sp³-hybridized carbons (Fsp3) is 0.600. The van der Waals surface area contributed by atoms with Gasteiger partial charge in [0, 0.05) is 25.7 Å². The second-order valence-corrected chi connectivity index (χ2v) is 6.78. The van der Waals surface area contributed by atoms with Gasteiger partial charge in [0.05, 0.1) is 10.0 Å². The Balaban J connectivity index is 1.66. The highest BCUT2D eigenvalue weighted by Gasteiger charge is 2.38. The third-order valence-electron chi connectivity index (χ3n) is 4.62. The Hall–Kier alpha value is -0.280. The van der Waals surface area contributed by atoms with Crippen molar-refractivity contribution in [2.45, 2.75) is 31.8 Å². The summed E-state index contributed by atoms with van der Waals surface area (Å²) < 4.78 is 0. The SMILES string of the molecule is NC1CCCC2CN(Cc3ccc(Cl)c(Cl)c3)CC12. The van der Waals surface area contributed by atoms with Gasteiger partial charge >= 0.3 is 0 Å². The van der Waals surface area contributed by atoms with E-state index in [0.717, 1.165) is 19.0 Å². The maximum Gasteiger partial charge on any atom is 0.0595 e. The number of likely N-dealkylation sites (tertiary alicyclic amines) is 1. The Labute approximate surface area is 124 Å². The Kier molecular flexibility index (Phi) is 4.04. The van der Waals surface area contributed by atoms with Crippen LogP contribution in [0.4, 0.5) is 0 Å². The maximum atomic E-state index is 6.25. The largest absolute Gasteiger partial charge is 0.327 e. The molecule has 2 N–H and O–H groups in total. The molecule has 1 aliphatic carbocycles. The van der Waals surface area contributed by atoms with Crippen molar-refractivity contribution in [3.63, 3.8) is 0 Å². The molecule has 2 aliphatic rings. The molecule has 0 bridgehead atoms. The fourth-order valence-corrected chi connectivity index (χ4v) is 3.95. The van der Waals surface area contributed by atoms with Crippen LogP contribution in [0.3, 0.4) is 0 Å². The zero-order chi connectivity index (χ0) is 13.4. The van der Waals surface area contributed by atoms with Crippen LogP contribution in [0.15, 0.2) is 18.2 Å².